The second-order valence-electron chi connectivity index (χ2n) is 5.97. The van der Waals surface area contributed by atoms with Crippen LogP contribution in [-0.2, 0) is 0 Å². The number of rotatable bonds is 4. The lowest BCUT2D eigenvalue weighted by Gasteiger charge is -2.28. The molecule has 1 amide bonds. The molecule has 0 atom stereocenters. The van der Waals surface area contributed by atoms with Crippen LogP contribution < -0.4 is 10.2 Å². The van der Waals surface area contributed by atoms with E-state index in [1.54, 1.807) is 24.3 Å². The summed E-state index contributed by atoms with van der Waals surface area (Å²) < 4.78 is 1.07. The number of nitro groups is 1. The first-order valence-electron chi connectivity index (χ1n) is 8.15. The van der Waals surface area contributed by atoms with Gasteiger partial charge in [0.1, 0.15) is 5.69 Å². The standard InChI is InChI=1S/C18H18IN3O3/c19-14-5-7-15(8-6-14)20-18(23)13-4-9-16(17(12-13)22(24)25)21-10-2-1-3-11-21/h4-9,12H,1-3,10-11H2,(H,20,23). The lowest BCUT2D eigenvalue weighted by atomic mass is 10.1. The molecular formula is C18H18IN3O3. The van der Waals surface area contributed by atoms with Crippen molar-refractivity contribution in [2.45, 2.75) is 19.3 Å². The Morgan fingerprint density at radius 1 is 1.08 bits per heavy atom. The number of halogens is 1. The molecule has 25 heavy (non-hydrogen) atoms. The minimum absolute atomic E-state index is 0.0165. The summed E-state index contributed by atoms with van der Waals surface area (Å²) in [6.07, 6.45) is 3.22. The van der Waals surface area contributed by atoms with Gasteiger partial charge in [0.05, 0.1) is 4.92 Å². The van der Waals surface area contributed by atoms with Gasteiger partial charge in [0.15, 0.2) is 0 Å². The third-order valence-electron chi connectivity index (χ3n) is 4.23. The van der Waals surface area contributed by atoms with Crippen LogP contribution in [0.5, 0.6) is 0 Å². The monoisotopic (exact) mass is 451 g/mol. The Morgan fingerprint density at radius 2 is 1.76 bits per heavy atom. The topological polar surface area (TPSA) is 75.5 Å². The maximum atomic E-state index is 12.4. The van der Waals surface area contributed by atoms with Gasteiger partial charge >= 0.3 is 0 Å². The summed E-state index contributed by atoms with van der Waals surface area (Å²) in [6.45, 7) is 1.63. The molecule has 6 nitrogen and oxygen atoms in total. The predicted molar refractivity (Wildman–Crippen MR) is 106 cm³/mol. The fourth-order valence-electron chi connectivity index (χ4n) is 2.95. The van der Waals surface area contributed by atoms with Gasteiger partial charge in [-0.25, -0.2) is 0 Å². The van der Waals surface area contributed by atoms with E-state index in [-0.39, 0.29) is 17.2 Å². The number of hydrogen-bond acceptors (Lipinski definition) is 4. The molecule has 0 spiro atoms. The number of benzene rings is 2. The van der Waals surface area contributed by atoms with Gasteiger partial charge in [0.25, 0.3) is 11.6 Å². The zero-order valence-corrected chi connectivity index (χ0v) is 15.7. The number of piperidine rings is 1. The molecule has 130 valence electrons. The van der Waals surface area contributed by atoms with Gasteiger partial charge in [-0.05, 0) is 78.3 Å². The van der Waals surface area contributed by atoms with E-state index in [2.05, 4.69) is 27.9 Å². The molecule has 7 heteroatoms. The van der Waals surface area contributed by atoms with Crippen LogP contribution >= 0.6 is 22.6 Å². The van der Waals surface area contributed by atoms with Gasteiger partial charge < -0.3 is 10.2 Å². The number of nitrogens with zero attached hydrogens (tertiary/aromatic N) is 2. The van der Waals surface area contributed by atoms with Crippen LogP contribution in [0.15, 0.2) is 42.5 Å². The average molecular weight is 451 g/mol. The molecule has 0 aliphatic carbocycles. The average Bonchev–Trinajstić information content (AvgIpc) is 2.63. The molecule has 0 bridgehead atoms. The number of amides is 1. The predicted octanol–water partition coefficient (Wildman–Crippen LogP) is 4.44. The first kappa shape index (κ1) is 17.7. The fraction of sp³-hybridized carbons (Fsp3) is 0.278. The van der Waals surface area contributed by atoms with Crippen LogP contribution in [0.25, 0.3) is 0 Å². The smallest absolute Gasteiger partial charge is 0.293 e. The number of hydrogen-bond donors (Lipinski definition) is 1. The molecule has 0 radical (unpaired) electrons. The molecule has 0 saturated carbocycles. The van der Waals surface area contributed by atoms with Crippen LogP contribution in [0.3, 0.4) is 0 Å². The van der Waals surface area contributed by atoms with Crippen molar-refractivity contribution < 1.29 is 9.72 Å². The zero-order chi connectivity index (χ0) is 17.8. The highest BCUT2D eigenvalue weighted by atomic mass is 127. The minimum Gasteiger partial charge on any atom is -0.366 e. The third kappa shape index (κ3) is 4.28. The Hall–Kier alpha value is -2.16. The number of anilines is 2. The molecule has 3 rings (SSSR count). The maximum Gasteiger partial charge on any atom is 0.293 e. The second kappa shape index (κ2) is 7.81. The summed E-state index contributed by atoms with van der Waals surface area (Å²) in [7, 11) is 0. The van der Waals surface area contributed by atoms with E-state index in [4.69, 9.17) is 0 Å². The SMILES string of the molecule is O=C(Nc1ccc(I)cc1)c1ccc(N2CCCCC2)c([N+](=O)[O-])c1. The summed E-state index contributed by atoms with van der Waals surface area (Å²) >= 11 is 2.19. The van der Waals surface area contributed by atoms with Gasteiger partial charge in [-0.2, -0.15) is 0 Å². The summed E-state index contributed by atoms with van der Waals surface area (Å²) in [4.78, 5) is 25.5. The molecule has 0 unspecified atom stereocenters. The molecule has 2 aromatic carbocycles. The van der Waals surface area contributed by atoms with Crippen LogP contribution in [-0.4, -0.2) is 23.9 Å². The van der Waals surface area contributed by atoms with Gasteiger partial charge in [-0.3, -0.25) is 14.9 Å². The summed E-state index contributed by atoms with van der Waals surface area (Å²) in [5, 5.41) is 14.3. The van der Waals surface area contributed by atoms with Crippen LogP contribution in [0.1, 0.15) is 29.6 Å². The van der Waals surface area contributed by atoms with E-state index in [0.29, 0.717) is 11.4 Å². The van der Waals surface area contributed by atoms with Gasteiger partial charge in [0, 0.05) is 34.0 Å². The van der Waals surface area contributed by atoms with E-state index in [0.717, 1.165) is 35.9 Å². The second-order valence-corrected chi connectivity index (χ2v) is 7.21. The molecule has 1 N–H and O–H groups in total. The quantitative estimate of drug-likeness (QED) is 0.424. The lowest BCUT2D eigenvalue weighted by Crippen LogP contribution is -2.30. The van der Waals surface area contributed by atoms with Crippen molar-refractivity contribution in [3.63, 3.8) is 0 Å². The van der Waals surface area contributed by atoms with E-state index in [1.807, 2.05) is 17.0 Å². The fourth-order valence-corrected chi connectivity index (χ4v) is 3.31. The van der Waals surface area contributed by atoms with Crippen molar-refractivity contribution in [1.82, 2.24) is 0 Å². The lowest BCUT2D eigenvalue weighted by molar-refractivity contribution is -0.384. The Bertz CT molecular complexity index is 787. The Balaban J connectivity index is 1.84. The van der Waals surface area contributed by atoms with E-state index < -0.39 is 4.92 Å². The maximum absolute atomic E-state index is 12.4. The number of nitro benzene ring substituents is 1. The summed E-state index contributed by atoms with van der Waals surface area (Å²) in [5.41, 5.74) is 1.52. The Kier molecular flexibility index (Phi) is 5.52. The number of nitrogens with one attached hydrogen (secondary N) is 1. The highest BCUT2D eigenvalue weighted by Crippen LogP contribution is 2.31. The molecule has 1 aliphatic rings. The molecule has 1 aliphatic heterocycles. The molecule has 2 aromatic rings. The van der Waals surface area contributed by atoms with Gasteiger partial charge in [0.2, 0.25) is 0 Å². The van der Waals surface area contributed by atoms with E-state index in [9.17, 15) is 14.9 Å². The minimum atomic E-state index is -0.411. The van der Waals surface area contributed by atoms with Gasteiger partial charge in [-0.15, -0.1) is 0 Å². The Labute approximate surface area is 159 Å². The highest BCUT2D eigenvalue weighted by Gasteiger charge is 2.23. The molecular weight excluding hydrogens is 433 g/mol. The van der Waals surface area contributed by atoms with Crippen molar-refractivity contribution in [3.8, 4) is 0 Å². The Morgan fingerprint density at radius 3 is 2.40 bits per heavy atom. The van der Waals surface area contributed by atoms with Crippen molar-refractivity contribution in [2.75, 3.05) is 23.3 Å². The van der Waals surface area contributed by atoms with E-state index in [1.165, 1.54) is 6.07 Å². The normalized spacial score (nSPS) is 14.2. The largest absolute Gasteiger partial charge is 0.366 e. The highest BCUT2D eigenvalue weighted by molar-refractivity contribution is 14.1. The summed E-state index contributed by atoms with van der Waals surface area (Å²) in [6, 6.07) is 12.1. The van der Waals surface area contributed by atoms with Crippen molar-refractivity contribution >= 4 is 45.6 Å². The van der Waals surface area contributed by atoms with Crippen LogP contribution in [0, 0.1) is 13.7 Å². The van der Waals surface area contributed by atoms with Gasteiger partial charge in [-0.1, -0.05) is 0 Å². The number of carbonyl (C=O) groups is 1. The molecule has 0 aromatic heterocycles. The molecule has 1 fully saturated rings. The van der Waals surface area contributed by atoms with Crippen molar-refractivity contribution in [3.05, 3.63) is 61.7 Å². The molecule has 1 heterocycles. The van der Waals surface area contributed by atoms with E-state index >= 15 is 0 Å². The zero-order valence-electron chi connectivity index (χ0n) is 13.6. The van der Waals surface area contributed by atoms with Crippen LogP contribution in [0.2, 0.25) is 0 Å². The first-order chi connectivity index (χ1) is 12.0. The van der Waals surface area contributed by atoms with Crippen LogP contribution in [0.4, 0.5) is 17.1 Å². The number of carbonyl (C=O) groups excluding carboxylic acids is 1. The first-order valence-corrected chi connectivity index (χ1v) is 9.23. The van der Waals surface area contributed by atoms with Crippen molar-refractivity contribution in [2.24, 2.45) is 0 Å². The third-order valence-corrected chi connectivity index (χ3v) is 4.95. The van der Waals surface area contributed by atoms with Crippen molar-refractivity contribution in [1.29, 1.82) is 0 Å². The molecule has 1 saturated heterocycles. The summed E-state index contributed by atoms with van der Waals surface area (Å²) in [5.74, 6) is -0.352.